The number of fused-ring (bicyclic) bond motifs is 1. The van der Waals surface area contributed by atoms with E-state index in [0.29, 0.717) is 13.2 Å². The number of hydrogen-bond donors (Lipinski definition) is 0. The van der Waals surface area contributed by atoms with E-state index in [1.165, 1.54) is 5.71 Å². The summed E-state index contributed by atoms with van der Waals surface area (Å²) < 4.78 is 20.0. The van der Waals surface area contributed by atoms with E-state index in [2.05, 4.69) is 41.0 Å². The highest BCUT2D eigenvalue weighted by Crippen LogP contribution is 2.41. The summed E-state index contributed by atoms with van der Waals surface area (Å²) in [5, 5.41) is 0. The molecule has 2 aromatic rings. The summed E-state index contributed by atoms with van der Waals surface area (Å²) in [4.78, 5) is 0. The maximum Gasteiger partial charge on any atom is 0.199 e. The maximum atomic E-state index is 6.33. The van der Waals surface area contributed by atoms with Crippen LogP contribution >= 0.6 is 0 Å². The molecule has 1 heterocycles. The molecule has 0 atom stereocenters. The Balaban J connectivity index is 1.84. The minimum Gasteiger partial charge on any atom is -0.494 e. The van der Waals surface area contributed by atoms with Crippen molar-refractivity contribution in [2.24, 2.45) is 0 Å². The smallest absolute Gasteiger partial charge is 0.199 e. The van der Waals surface area contributed by atoms with Gasteiger partial charge < -0.3 is 14.2 Å². The van der Waals surface area contributed by atoms with Crippen molar-refractivity contribution in [3.8, 4) is 17.2 Å². The van der Waals surface area contributed by atoms with Gasteiger partial charge in [0, 0.05) is 23.8 Å². The second kappa shape index (κ2) is 9.09. The van der Waals surface area contributed by atoms with Crippen LogP contribution in [0.1, 0.15) is 25.0 Å². The van der Waals surface area contributed by atoms with Crippen molar-refractivity contribution >= 4 is 17.0 Å². The molecule has 4 nitrogen and oxygen atoms in total. The Morgan fingerprint density at radius 3 is 2.29 bits per heavy atom. The van der Waals surface area contributed by atoms with Crippen LogP contribution < -0.4 is 14.2 Å². The number of hydrogen-bond acceptors (Lipinski definition) is 3. The lowest BCUT2D eigenvalue weighted by Gasteiger charge is -2.23. The molecule has 0 saturated heterocycles. The summed E-state index contributed by atoms with van der Waals surface area (Å²) in [5.74, 6) is 3.14. The van der Waals surface area contributed by atoms with E-state index in [1.54, 1.807) is 0 Å². The third kappa shape index (κ3) is 4.33. The minimum absolute atomic E-state index is 0.564. The van der Waals surface area contributed by atoms with Gasteiger partial charge in [-0.25, -0.2) is 4.58 Å². The highest BCUT2D eigenvalue weighted by atomic mass is 16.5. The van der Waals surface area contributed by atoms with Crippen molar-refractivity contribution < 1.29 is 18.8 Å². The summed E-state index contributed by atoms with van der Waals surface area (Å²) in [6.45, 7) is 5.13. The summed E-state index contributed by atoms with van der Waals surface area (Å²) >= 11 is 0. The van der Waals surface area contributed by atoms with Crippen molar-refractivity contribution in [3.63, 3.8) is 0 Å². The van der Waals surface area contributed by atoms with Gasteiger partial charge in [-0.3, -0.25) is 0 Å². The Morgan fingerprint density at radius 1 is 0.839 bits per heavy atom. The fourth-order valence-corrected chi connectivity index (χ4v) is 3.68. The standard InChI is InChI=1S/C27H28NO3/c1-5-29-21-15-16-23(26(17-21)30-6-2)27-18-24(22-9-7-8-10-25(22)31-27)19-11-13-20(14-12-19)28(3)4/h7-18H,5-6H2,1-4H3/q+1. The third-order valence-electron chi connectivity index (χ3n) is 5.20. The molecule has 1 aliphatic heterocycles. The zero-order valence-electron chi connectivity index (χ0n) is 18.5. The molecule has 2 aliphatic rings. The van der Waals surface area contributed by atoms with Crippen molar-refractivity contribution in [3.05, 3.63) is 89.5 Å². The monoisotopic (exact) mass is 414 g/mol. The molecule has 0 bridgehead atoms. The number of ether oxygens (including phenoxy) is 3. The Hall–Kier alpha value is -3.53. The number of nitrogens with zero attached hydrogens (tertiary/aromatic N) is 1. The predicted molar refractivity (Wildman–Crippen MR) is 126 cm³/mol. The molecule has 31 heavy (non-hydrogen) atoms. The van der Waals surface area contributed by atoms with E-state index < -0.39 is 0 Å². The van der Waals surface area contributed by atoms with Crippen LogP contribution in [0.4, 0.5) is 0 Å². The Morgan fingerprint density at radius 2 is 1.58 bits per heavy atom. The Kier molecular flexibility index (Phi) is 6.08. The predicted octanol–water partition coefficient (Wildman–Crippen LogP) is 5.51. The molecule has 0 aromatic heterocycles. The van der Waals surface area contributed by atoms with Crippen LogP contribution in [-0.2, 0) is 0 Å². The molecule has 0 fully saturated rings. The molecule has 2 aromatic carbocycles. The lowest BCUT2D eigenvalue weighted by molar-refractivity contribution is -0.462. The highest BCUT2D eigenvalue weighted by molar-refractivity contribution is 6.04. The van der Waals surface area contributed by atoms with Gasteiger partial charge in [-0.15, -0.1) is 0 Å². The van der Waals surface area contributed by atoms with Gasteiger partial charge in [0.15, 0.2) is 5.71 Å². The van der Waals surface area contributed by atoms with Crippen LogP contribution in [0.5, 0.6) is 17.2 Å². The first kappa shape index (κ1) is 20.7. The molecule has 4 rings (SSSR count). The molecule has 0 spiro atoms. The van der Waals surface area contributed by atoms with Crippen molar-refractivity contribution in [2.75, 3.05) is 27.3 Å². The second-order valence-corrected chi connectivity index (χ2v) is 7.49. The number of benzene rings is 2. The molecule has 0 unspecified atom stereocenters. The van der Waals surface area contributed by atoms with Crippen molar-refractivity contribution in [2.45, 2.75) is 13.8 Å². The van der Waals surface area contributed by atoms with Gasteiger partial charge in [0.05, 0.1) is 18.8 Å². The SMILES string of the molecule is CCOc1ccc(C2=CC(=C3C=CC(=[N+](C)C)C=C3)c3ccccc3O2)c(OCC)c1. The van der Waals surface area contributed by atoms with Gasteiger partial charge in [0.2, 0.25) is 0 Å². The van der Waals surface area contributed by atoms with Crippen molar-refractivity contribution in [1.82, 2.24) is 0 Å². The van der Waals surface area contributed by atoms with E-state index in [4.69, 9.17) is 14.2 Å². The van der Waals surface area contributed by atoms with Crippen LogP contribution in [0.3, 0.4) is 0 Å². The normalized spacial score (nSPS) is 14.7. The molecular formula is C27H28NO3+. The minimum atomic E-state index is 0.564. The maximum absolute atomic E-state index is 6.33. The van der Waals surface area contributed by atoms with E-state index in [9.17, 15) is 0 Å². The average Bonchev–Trinajstić information content (AvgIpc) is 2.79. The quantitative estimate of drug-likeness (QED) is 0.605. The zero-order chi connectivity index (χ0) is 21.8. The third-order valence-corrected chi connectivity index (χ3v) is 5.20. The van der Waals surface area contributed by atoms with Crippen LogP contribution in [0.2, 0.25) is 0 Å². The molecule has 158 valence electrons. The lowest BCUT2D eigenvalue weighted by Crippen LogP contribution is -2.10. The van der Waals surface area contributed by atoms with Crippen LogP contribution in [0, 0.1) is 0 Å². The average molecular weight is 415 g/mol. The van der Waals surface area contributed by atoms with E-state index in [0.717, 1.165) is 45.3 Å². The molecule has 0 saturated carbocycles. The Labute approximate surface area is 184 Å². The van der Waals surface area contributed by atoms with Crippen molar-refractivity contribution in [1.29, 1.82) is 0 Å². The van der Waals surface area contributed by atoms with Crippen LogP contribution in [-0.4, -0.2) is 37.6 Å². The van der Waals surface area contributed by atoms with Gasteiger partial charge in [-0.05, 0) is 61.4 Å². The number of rotatable bonds is 5. The number of para-hydroxylation sites is 1. The first-order valence-electron chi connectivity index (χ1n) is 10.6. The molecule has 0 amide bonds. The van der Waals surface area contributed by atoms with Crippen LogP contribution in [0.15, 0.2) is 78.4 Å². The fourth-order valence-electron chi connectivity index (χ4n) is 3.68. The van der Waals surface area contributed by atoms with Gasteiger partial charge in [0.1, 0.15) is 37.1 Å². The van der Waals surface area contributed by atoms with Gasteiger partial charge >= 0.3 is 0 Å². The molecule has 4 heteroatoms. The Bertz CT molecular complexity index is 1130. The summed E-state index contributed by atoms with van der Waals surface area (Å²) in [5.41, 5.74) is 5.41. The van der Waals surface area contributed by atoms with E-state index >= 15 is 0 Å². The summed E-state index contributed by atoms with van der Waals surface area (Å²) in [7, 11) is 4.09. The van der Waals surface area contributed by atoms with Gasteiger partial charge in [-0.2, -0.15) is 0 Å². The first-order valence-corrected chi connectivity index (χ1v) is 10.6. The van der Waals surface area contributed by atoms with E-state index in [1.807, 2.05) is 64.3 Å². The van der Waals surface area contributed by atoms with Gasteiger partial charge in [0.25, 0.3) is 0 Å². The largest absolute Gasteiger partial charge is 0.494 e. The fraction of sp³-hybridized carbons (Fsp3) is 0.222. The van der Waals surface area contributed by atoms with Gasteiger partial charge in [-0.1, -0.05) is 18.2 Å². The summed E-state index contributed by atoms with van der Waals surface area (Å²) in [6, 6.07) is 14.0. The highest BCUT2D eigenvalue weighted by Gasteiger charge is 2.22. The second-order valence-electron chi connectivity index (χ2n) is 7.49. The van der Waals surface area contributed by atoms with Crippen LogP contribution in [0.25, 0.3) is 11.3 Å². The zero-order valence-corrected chi connectivity index (χ0v) is 18.5. The topological polar surface area (TPSA) is 30.7 Å². The molecule has 0 radical (unpaired) electrons. The molecule has 0 N–H and O–H groups in total. The first-order chi connectivity index (χ1) is 15.1. The van der Waals surface area contributed by atoms with E-state index in [-0.39, 0.29) is 0 Å². The lowest BCUT2D eigenvalue weighted by atomic mass is 9.92. The molecule has 1 aliphatic carbocycles. The summed E-state index contributed by atoms with van der Waals surface area (Å²) in [6.07, 6.45) is 10.7. The number of allylic oxidation sites excluding steroid dienone is 7. The molecular weight excluding hydrogens is 386 g/mol.